The lowest BCUT2D eigenvalue weighted by molar-refractivity contribution is 1.44. The van der Waals surface area contributed by atoms with E-state index in [9.17, 15) is 0 Å². The number of pyridine rings is 2. The van der Waals surface area contributed by atoms with Gasteiger partial charge >= 0.3 is 0 Å². The second-order valence-electron chi connectivity index (χ2n) is 4.52. The Hall–Kier alpha value is -1.77. The summed E-state index contributed by atoms with van der Waals surface area (Å²) in [4.78, 5) is 9.47. The zero-order valence-corrected chi connectivity index (χ0v) is 10.8. The van der Waals surface area contributed by atoms with E-state index in [1.807, 2.05) is 0 Å². The summed E-state index contributed by atoms with van der Waals surface area (Å²) in [5, 5.41) is 2.33. The van der Waals surface area contributed by atoms with Crippen LogP contribution in [0.3, 0.4) is 0 Å². The molecular weight excluding hydrogens is 217 g/mol. The predicted molar refractivity (Wildman–Crippen MR) is 85.0 cm³/mol. The summed E-state index contributed by atoms with van der Waals surface area (Å²) in [6, 6.07) is 12.7. The first kappa shape index (κ1) is 11.3. The molecule has 0 radical (unpaired) electrons. The minimum atomic E-state index is 0.958. The van der Waals surface area contributed by atoms with E-state index in [0.29, 0.717) is 0 Å². The molecule has 1 aromatic carbocycles. The molecule has 0 fully saturated rings. The molecule has 5 heteroatoms. The van der Waals surface area contributed by atoms with Crippen LogP contribution < -0.4 is 11.2 Å². The van der Waals surface area contributed by atoms with Gasteiger partial charge in [0.25, 0.3) is 0 Å². The molecule has 0 aliphatic rings. The highest BCUT2D eigenvalue weighted by Crippen LogP contribution is 2.19. The summed E-state index contributed by atoms with van der Waals surface area (Å²) in [6.45, 7) is 2.13. The van der Waals surface area contributed by atoms with Crippen molar-refractivity contribution in [2.45, 2.75) is 6.82 Å². The van der Waals surface area contributed by atoms with Gasteiger partial charge in [0.1, 0.15) is 7.17 Å². The number of benzene rings is 1. The van der Waals surface area contributed by atoms with Crippen LogP contribution in [0.4, 0.5) is 0 Å². The Labute approximate surface area is 109 Å². The van der Waals surface area contributed by atoms with Crippen LogP contribution in [0.15, 0.2) is 36.4 Å². The molecule has 0 amide bonds. The molecule has 3 rings (SSSR count). The van der Waals surface area contributed by atoms with Gasteiger partial charge in [-0.2, -0.15) is 0 Å². The third kappa shape index (κ3) is 1.80. The van der Waals surface area contributed by atoms with E-state index >= 15 is 0 Å². The molecule has 0 bridgehead atoms. The molecular formula is C13H13B3N2. The summed E-state index contributed by atoms with van der Waals surface area (Å²) >= 11 is 0. The molecule has 2 aromatic heterocycles. The van der Waals surface area contributed by atoms with Crippen LogP contribution in [0.5, 0.6) is 0 Å². The first-order valence-corrected chi connectivity index (χ1v) is 6.50. The number of rotatable bonds is 2. The van der Waals surface area contributed by atoms with Crippen LogP contribution >= 0.6 is 0 Å². The van der Waals surface area contributed by atoms with Crippen LogP contribution in [-0.2, 0) is 0 Å². The van der Waals surface area contributed by atoms with Crippen LogP contribution in [0, 0.1) is 0 Å². The summed E-state index contributed by atoms with van der Waals surface area (Å²) in [7, 11) is 4.05. The summed E-state index contributed by atoms with van der Waals surface area (Å²) in [5.74, 6) is 0. The quantitative estimate of drug-likeness (QED) is 0.438. The molecule has 0 unspecified atom stereocenters. The molecule has 0 saturated heterocycles. The minimum absolute atomic E-state index is 0.958. The maximum Gasteiger partial charge on any atom is 0.179 e. The fourth-order valence-corrected chi connectivity index (χ4v) is 2.24. The van der Waals surface area contributed by atoms with Gasteiger partial charge in [0, 0.05) is 16.4 Å². The van der Waals surface area contributed by atoms with Crippen molar-refractivity contribution in [3.05, 3.63) is 36.4 Å². The molecule has 0 aliphatic heterocycles. The van der Waals surface area contributed by atoms with Crippen LogP contribution in [0.2, 0.25) is 6.82 Å². The SMILES string of the molecule is BBc1ccc2ccc3ccc(BC)nc3c2n1. The topological polar surface area (TPSA) is 25.8 Å². The molecule has 0 atom stereocenters. The van der Waals surface area contributed by atoms with Gasteiger partial charge in [-0.3, -0.25) is 9.97 Å². The highest BCUT2D eigenvalue weighted by atomic mass is 14.7. The van der Waals surface area contributed by atoms with Gasteiger partial charge in [0.2, 0.25) is 0 Å². The number of aromatic nitrogens is 2. The van der Waals surface area contributed by atoms with Gasteiger partial charge in [0.15, 0.2) is 7.28 Å². The lowest BCUT2D eigenvalue weighted by atomic mass is 9.53. The van der Waals surface area contributed by atoms with Gasteiger partial charge in [-0.25, -0.2) is 0 Å². The number of nitrogens with zero attached hydrogens (tertiary/aromatic N) is 2. The predicted octanol–water partition coefficient (Wildman–Crippen LogP) is -0.497. The van der Waals surface area contributed by atoms with Gasteiger partial charge < -0.3 is 0 Å². The second-order valence-corrected chi connectivity index (χ2v) is 4.52. The normalized spacial score (nSPS) is 10.7. The molecule has 0 spiro atoms. The van der Waals surface area contributed by atoms with E-state index < -0.39 is 0 Å². The smallest absolute Gasteiger partial charge is 0.179 e. The average Bonchev–Trinajstić information content (AvgIpc) is 2.45. The highest BCUT2D eigenvalue weighted by molar-refractivity contribution is 6.97. The summed E-state index contributed by atoms with van der Waals surface area (Å²) in [6.07, 6.45) is 0. The molecule has 2 nitrogen and oxygen atoms in total. The zero-order valence-electron chi connectivity index (χ0n) is 10.8. The van der Waals surface area contributed by atoms with Crippen molar-refractivity contribution in [2.24, 2.45) is 0 Å². The van der Waals surface area contributed by atoms with Crippen molar-refractivity contribution < 1.29 is 0 Å². The summed E-state index contributed by atoms with van der Waals surface area (Å²) < 4.78 is 0. The molecule has 18 heavy (non-hydrogen) atoms. The van der Waals surface area contributed by atoms with E-state index in [4.69, 9.17) is 9.97 Å². The van der Waals surface area contributed by atoms with Crippen LogP contribution in [0.1, 0.15) is 0 Å². The standard InChI is InChI=1S/C13H13B3N2/c1-15-10-6-4-8-2-3-9-5-7-11(16-14)18-13(9)12(8)17-10/h2-7,15-16H,14H2,1H3. The zero-order chi connectivity index (χ0) is 12.5. The number of hydrogen-bond acceptors (Lipinski definition) is 2. The van der Waals surface area contributed by atoms with Crippen molar-refractivity contribution in [1.29, 1.82) is 0 Å². The Morgan fingerprint density at radius 3 is 1.89 bits per heavy atom. The minimum Gasteiger partial charge on any atom is -0.262 e. The Bertz CT molecular complexity index is 665. The largest absolute Gasteiger partial charge is 0.262 e. The maximum atomic E-state index is 4.73. The number of fused-ring (bicyclic) bond motifs is 3. The van der Waals surface area contributed by atoms with Crippen LogP contribution in [0.25, 0.3) is 21.8 Å². The summed E-state index contributed by atoms with van der Waals surface area (Å²) in [5.41, 5.74) is 4.31. The van der Waals surface area contributed by atoms with E-state index in [2.05, 4.69) is 51.0 Å². The van der Waals surface area contributed by atoms with E-state index in [1.165, 1.54) is 10.8 Å². The van der Waals surface area contributed by atoms with Gasteiger partial charge in [-0.05, 0) is 11.7 Å². The Morgan fingerprint density at radius 1 is 0.833 bits per heavy atom. The lowest BCUT2D eigenvalue weighted by Crippen LogP contribution is -2.19. The molecule has 0 saturated carbocycles. The Morgan fingerprint density at radius 2 is 1.33 bits per heavy atom. The van der Waals surface area contributed by atoms with Crippen molar-refractivity contribution in [2.75, 3.05) is 0 Å². The van der Waals surface area contributed by atoms with Crippen molar-refractivity contribution in [1.82, 2.24) is 9.97 Å². The monoisotopic (exact) mass is 230 g/mol. The molecule has 84 valence electrons. The molecule has 2 heterocycles. The highest BCUT2D eigenvalue weighted by Gasteiger charge is 2.05. The second kappa shape index (κ2) is 4.49. The molecule has 0 N–H and O–H groups in total. The first-order valence-electron chi connectivity index (χ1n) is 6.50. The maximum absolute atomic E-state index is 4.73. The Balaban J connectivity index is 2.40. The molecule has 3 aromatic rings. The lowest BCUT2D eigenvalue weighted by Gasteiger charge is -2.05. The van der Waals surface area contributed by atoms with E-state index in [0.717, 1.165) is 36.7 Å². The van der Waals surface area contributed by atoms with Crippen molar-refractivity contribution in [3.63, 3.8) is 0 Å². The number of hydrogen-bond donors (Lipinski definition) is 0. The average molecular weight is 230 g/mol. The van der Waals surface area contributed by atoms with Gasteiger partial charge in [-0.1, -0.05) is 37.2 Å². The van der Waals surface area contributed by atoms with E-state index in [1.54, 1.807) is 0 Å². The van der Waals surface area contributed by atoms with Gasteiger partial charge in [0.05, 0.1) is 18.8 Å². The Kier molecular flexibility index (Phi) is 2.82. The van der Waals surface area contributed by atoms with Crippen molar-refractivity contribution >= 4 is 55.2 Å². The fourth-order valence-electron chi connectivity index (χ4n) is 2.24. The fraction of sp³-hybridized carbons (Fsp3) is 0.0769. The third-order valence-electron chi connectivity index (χ3n) is 3.36. The van der Waals surface area contributed by atoms with E-state index in [-0.39, 0.29) is 0 Å². The van der Waals surface area contributed by atoms with Crippen molar-refractivity contribution in [3.8, 4) is 0 Å². The third-order valence-corrected chi connectivity index (χ3v) is 3.36. The first-order chi connectivity index (χ1) is 8.81. The molecule has 0 aliphatic carbocycles. The van der Waals surface area contributed by atoms with Gasteiger partial charge in [-0.15, -0.1) is 0 Å². The van der Waals surface area contributed by atoms with Crippen LogP contribution in [-0.4, -0.2) is 32.2 Å².